The van der Waals surface area contributed by atoms with Crippen LogP contribution in [0.1, 0.15) is 39.0 Å². The van der Waals surface area contributed by atoms with Gasteiger partial charge in [-0.25, -0.2) is 9.37 Å². The first-order valence-corrected chi connectivity index (χ1v) is 10.3. The molecule has 1 aromatic carbocycles. The lowest BCUT2D eigenvalue weighted by Crippen LogP contribution is -2.44. The van der Waals surface area contributed by atoms with Crippen LogP contribution in [0.3, 0.4) is 0 Å². The minimum absolute atomic E-state index is 0.00835. The largest absolute Gasteiger partial charge is 0.441 e. The van der Waals surface area contributed by atoms with Crippen molar-refractivity contribution in [1.82, 2.24) is 14.8 Å². The lowest BCUT2D eigenvalue weighted by molar-refractivity contribution is -0.140. The summed E-state index contributed by atoms with van der Waals surface area (Å²) in [6.07, 6.45) is 3.55. The highest BCUT2D eigenvalue weighted by molar-refractivity contribution is 5.80. The second-order valence-electron chi connectivity index (χ2n) is 7.26. The van der Waals surface area contributed by atoms with Crippen LogP contribution in [-0.2, 0) is 16.0 Å². The maximum atomic E-state index is 13.8. The highest BCUT2D eigenvalue weighted by Gasteiger charge is 2.29. The van der Waals surface area contributed by atoms with Gasteiger partial charge >= 0.3 is 0 Å². The predicted molar refractivity (Wildman–Crippen MR) is 107 cm³/mol. The molecule has 7 heteroatoms. The smallest absolute Gasteiger partial charge is 0.225 e. The Bertz CT molecular complexity index is 839. The Balaban J connectivity index is 1.49. The fourth-order valence-electron chi connectivity index (χ4n) is 3.75. The number of aromatic nitrogens is 1. The molecule has 0 N–H and O–H groups in total. The molecule has 0 saturated carbocycles. The van der Waals surface area contributed by atoms with Crippen molar-refractivity contribution < 1.29 is 18.4 Å². The van der Waals surface area contributed by atoms with Crippen LogP contribution in [-0.4, -0.2) is 52.8 Å². The molecule has 1 aliphatic rings. The standard InChI is InChI=1S/C22H28FN3O3/c1-3-25(4-2)22(28)16-11-13-26(14-12-16)21(27)10-9-20-24-15-19(29-20)17-7-5-6-8-18(17)23/h5-8,15-16H,3-4,9-14H2,1-2H3. The minimum Gasteiger partial charge on any atom is -0.441 e. The highest BCUT2D eigenvalue weighted by atomic mass is 19.1. The highest BCUT2D eigenvalue weighted by Crippen LogP contribution is 2.24. The lowest BCUT2D eigenvalue weighted by atomic mass is 9.95. The Hall–Kier alpha value is -2.70. The molecule has 0 spiro atoms. The summed E-state index contributed by atoms with van der Waals surface area (Å²) in [5, 5.41) is 0. The summed E-state index contributed by atoms with van der Waals surface area (Å²) < 4.78 is 19.5. The molecule has 29 heavy (non-hydrogen) atoms. The average molecular weight is 401 g/mol. The summed E-state index contributed by atoms with van der Waals surface area (Å²) in [6.45, 7) is 6.62. The number of likely N-dealkylation sites (tertiary alicyclic amines) is 1. The van der Waals surface area contributed by atoms with Crippen molar-refractivity contribution in [3.63, 3.8) is 0 Å². The third-order valence-electron chi connectivity index (χ3n) is 5.52. The first-order chi connectivity index (χ1) is 14.0. The Morgan fingerprint density at radius 1 is 1.21 bits per heavy atom. The van der Waals surface area contributed by atoms with Crippen LogP contribution in [0.25, 0.3) is 11.3 Å². The first-order valence-electron chi connectivity index (χ1n) is 10.3. The number of hydrogen-bond acceptors (Lipinski definition) is 4. The number of carbonyl (C=O) groups is 2. The molecule has 1 aromatic heterocycles. The second kappa shape index (κ2) is 9.67. The SMILES string of the molecule is CCN(CC)C(=O)C1CCN(C(=O)CCc2ncc(-c3ccccc3F)o2)CC1. The summed E-state index contributed by atoms with van der Waals surface area (Å²) >= 11 is 0. The topological polar surface area (TPSA) is 66.7 Å². The van der Waals surface area contributed by atoms with Crippen molar-refractivity contribution in [3.8, 4) is 11.3 Å². The molecule has 1 aliphatic heterocycles. The molecule has 0 aliphatic carbocycles. The number of carbonyl (C=O) groups excluding carboxylic acids is 2. The third kappa shape index (κ3) is 5.02. The van der Waals surface area contributed by atoms with Gasteiger partial charge in [-0.3, -0.25) is 9.59 Å². The van der Waals surface area contributed by atoms with Gasteiger partial charge in [-0.1, -0.05) is 12.1 Å². The van der Waals surface area contributed by atoms with Gasteiger partial charge in [0.15, 0.2) is 11.7 Å². The fourth-order valence-corrected chi connectivity index (χ4v) is 3.75. The summed E-state index contributed by atoms with van der Waals surface area (Å²) in [5.74, 6) is 0.652. The Labute approximate surface area is 170 Å². The summed E-state index contributed by atoms with van der Waals surface area (Å²) in [7, 11) is 0. The molecule has 0 atom stereocenters. The molecule has 2 heterocycles. The van der Waals surface area contributed by atoms with Crippen molar-refractivity contribution in [3.05, 3.63) is 42.2 Å². The van der Waals surface area contributed by atoms with Gasteiger partial charge in [0.25, 0.3) is 0 Å². The van der Waals surface area contributed by atoms with E-state index in [0.29, 0.717) is 49.6 Å². The van der Waals surface area contributed by atoms with Crippen LogP contribution >= 0.6 is 0 Å². The number of rotatable bonds is 7. The molecule has 0 radical (unpaired) electrons. The van der Waals surface area contributed by atoms with Crippen molar-refractivity contribution >= 4 is 11.8 Å². The average Bonchev–Trinajstić information content (AvgIpc) is 3.22. The minimum atomic E-state index is -0.367. The van der Waals surface area contributed by atoms with Gasteiger partial charge in [-0.15, -0.1) is 0 Å². The van der Waals surface area contributed by atoms with Crippen LogP contribution in [0.4, 0.5) is 4.39 Å². The first kappa shape index (κ1) is 21.0. The van der Waals surface area contributed by atoms with Crippen molar-refractivity contribution in [1.29, 1.82) is 0 Å². The predicted octanol–water partition coefficient (Wildman–Crippen LogP) is 3.52. The Morgan fingerprint density at radius 2 is 1.90 bits per heavy atom. The quantitative estimate of drug-likeness (QED) is 0.712. The van der Waals surface area contributed by atoms with Gasteiger partial charge in [0.1, 0.15) is 5.82 Å². The molecule has 3 rings (SSSR count). The number of aryl methyl sites for hydroxylation is 1. The van der Waals surface area contributed by atoms with E-state index in [9.17, 15) is 14.0 Å². The number of nitrogens with zero attached hydrogens (tertiary/aromatic N) is 3. The maximum absolute atomic E-state index is 13.8. The number of hydrogen-bond donors (Lipinski definition) is 0. The number of benzene rings is 1. The fraction of sp³-hybridized carbons (Fsp3) is 0.500. The van der Waals surface area contributed by atoms with Crippen LogP contribution in [0.5, 0.6) is 0 Å². The molecule has 0 bridgehead atoms. The van der Waals surface area contributed by atoms with E-state index in [1.807, 2.05) is 23.6 Å². The zero-order valence-electron chi connectivity index (χ0n) is 17.1. The zero-order valence-corrected chi connectivity index (χ0v) is 17.1. The van der Waals surface area contributed by atoms with E-state index >= 15 is 0 Å². The van der Waals surface area contributed by atoms with Crippen LogP contribution < -0.4 is 0 Å². The Morgan fingerprint density at radius 3 is 2.55 bits per heavy atom. The molecule has 2 amide bonds. The summed E-state index contributed by atoms with van der Waals surface area (Å²) in [4.78, 5) is 32.8. The van der Waals surface area contributed by atoms with E-state index < -0.39 is 0 Å². The molecule has 2 aromatic rings. The summed E-state index contributed by atoms with van der Waals surface area (Å²) in [5.41, 5.74) is 0.359. The van der Waals surface area contributed by atoms with Crippen LogP contribution in [0.2, 0.25) is 0 Å². The van der Waals surface area contributed by atoms with E-state index in [1.165, 1.54) is 12.3 Å². The molecule has 6 nitrogen and oxygen atoms in total. The Kier molecular flexibility index (Phi) is 7.01. The lowest BCUT2D eigenvalue weighted by Gasteiger charge is -2.33. The number of oxazole rings is 1. The van der Waals surface area contributed by atoms with Crippen LogP contribution in [0.15, 0.2) is 34.9 Å². The monoisotopic (exact) mass is 401 g/mol. The number of halogens is 1. The van der Waals surface area contributed by atoms with Crippen molar-refractivity contribution in [2.24, 2.45) is 5.92 Å². The number of piperidine rings is 1. The van der Waals surface area contributed by atoms with Gasteiger partial charge in [0, 0.05) is 44.9 Å². The summed E-state index contributed by atoms with van der Waals surface area (Å²) in [6, 6.07) is 6.36. The van der Waals surface area contributed by atoms with Gasteiger partial charge in [-0.05, 0) is 38.8 Å². The van der Waals surface area contributed by atoms with Crippen LogP contribution in [0, 0.1) is 11.7 Å². The van der Waals surface area contributed by atoms with E-state index in [-0.39, 0.29) is 30.0 Å². The van der Waals surface area contributed by atoms with E-state index in [0.717, 1.165) is 13.1 Å². The maximum Gasteiger partial charge on any atom is 0.225 e. The van der Waals surface area contributed by atoms with Gasteiger partial charge in [0.2, 0.25) is 11.8 Å². The van der Waals surface area contributed by atoms with E-state index in [2.05, 4.69) is 4.98 Å². The van der Waals surface area contributed by atoms with Crippen molar-refractivity contribution in [2.45, 2.75) is 39.5 Å². The third-order valence-corrected chi connectivity index (χ3v) is 5.52. The molecule has 1 fully saturated rings. The van der Waals surface area contributed by atoms with E-state index in [1.54, 1.807) is 18.2 Å². The van der Waals surface area contributed by atoms with Gasteiger partial charge in [-0.2, -0.15) is 0 Å². The molecular formula is C22H28FN3O3. The van der Waals surface area contributed by atoms with Crippen molar-refractivity contribution in [2.75, 3.05) is 26.2 Å². The molecule has 0 unspecified atom stereocenters. The second-order valence-corrected chi connectivity index (χ2v) is 7.26. The molecular weight excluding hydrogens is 373 g/mol. The molecule has 156 valence electrons. The number of amides is 2. The van der Waals surface area contributed by atoms with Gasteiger partial charge in [0.05, 0.1) is 11.8 Å². The normalized spacial score (nSPS) is 14.8. The zero-order chi connectivity index (χ0) is 20.8. The van der Waals surface area contributed by atoms with Gasteiger partial charge < -0.3 is 14.2 Å². The molecule has 1 saturated heterocycles. The van der Waals surface area contributed by atoms with E-state index in [4.69, 9.17) is 4.42 Å².